The zero-order valence-corrected chi connectivity index (χ0v) is 24.1. The maximum Gasteiger partial charge on any atom is 0.255 e. The van der Waals surface area contributed by atoms with Crippen LogP contribution in [0.4, 0.5) is 0 Å². The fraction of sp³-hybridized carbons (Fsp3) is 0.567. The average Bonchev–Trinajstić information content (AvgIpc) is 3.63. The van der Waals surface area contributed by atoms with Gasteiger partial charge in [-0.2, -0.15) is 0 Å². The van der Waals surface area contributed by atoms with E-state index in [1.54, 1.807) is 20.2 Å². The van der Waals surface area contributed by atoms with Gasteiger partial charge >= 0.3 is 0 Å². The first-order valence-electron chi connectivity index (χ1n) is 14.2. The molecule has 4 aliphatic carbocycles. The molecule has 5 aliphatic rings. The summed E-state index contributed by atoms with van der Waals surface area (Å²) in [5.74, 6) is -5.72. The highest BCUT2D eigenvalue weighted by molar-refractivity contribution is 6.33. The van der Waals surface area contributed by atoms with Gasteiger partial charge in [0.1, 0.15) is 22.8 Å². The lowest BCUT2D eigenvalue weighted by atomic mass is 9.58. The number of nitrogens with two attached hydrogens (primary N) is 1. The summed E-state index contributed by atoms with van der Waals surface area (Å²) in [5.41, 5.74) is 2.91. The second-order valence-electron chi connectivity index (χ2n) is 12.8. The molecule has 0 bridgehead atoms. The van der Waals surface area contributed by atoms with Crippen molar-refractivity contribution in [1.82, 2.24) is 9.80 Å². The van der Waals surface area contributed by atoms with Crippen LogP contribution in [-0.2, 0) is 16.0 Å². The van der Waals surface area contributed by atoms with Crippen molar-refractivity contribution in [2.45, 2.75) is 56.7 Å². The van der Waals surface area contributed by atoms with Gasteiger partial charge in [0.05, 0.1) is 11.6 Å². The van der Waals surface area contributed by atoms with Crippen molar-refractivity contribution < 1.29 is 34.8 Å². The van der Waals surface area contributed by atoms with Gasteiger partial charge in [0.2, 0.25) is 5.78 Å². The Bertz CT molecular complexity index is 1450. The number of nitrogens with zero attached hydrogens (tertiary/aromatic N) is 2. The second kappa shape index (κ2) is 9.55. The molecular weight excluding hydrogens is 550 g/mol. The molecule has 41 heavy (non-hydrogen) atoms. The summed E-state index contributed by atoms with van der Waals surface area (Å²) in [4.78, 5) is 43.5. The van der Waals surface area contributed by atoms with E-state index in [1.807, 2.05) is 0 Å². The van der Waals surface area contributed by atoms with Gasteiger partial charge in [0.15, 0.2) is 11.4 Å². The van der Waals surface area contributed by atoms with Crippen LogP contribution in [0.3, 0.4) is 0 Å². The van der Waals surface area contributed by atoms with Crippen molar-refractivity contribution in [1.29, 1.82) is 0 Å². The molecule has 1 heterocycles. The molecule has 0 spiro atoms. The second-order valence-corrected chi connectivity index (χ2v) is 13.1. The van der Waals surface area contributed by atoms with Gasteiger partial charge in [-0.1, -0.05) is 18.5 Å². The van der Waals surface area contributed by atoms with Crippen LogP contribution in [-0.4, -0.2) is 86.5 Å². The SMILES string of the molecule is CC1CCN(CC2CC2)C1c1cc(O)c2c(c1Cl)C[C@H]1C[C@H]3[C@H](N(C)C)C(O)=C(C(N)=O)C(=O)[C@@]3(O)C(O)=C1C2=O. The molecule has 11 heteroatoms. The number of benzene rings is 1. The fourth-order valence-corrected chi connectivity index (χ4v) is 8.24. The Morgan fingerprint density at radius 1 is 1.20 bits per heavy atom. The van der Waals surface area contributed by atoms with Crippen molar-refractivity contribution in [2.24, 2.45) is 29.4 Å². The van der Waals surface area contributed by atoms with Crippen LogP contribution in [0.25, 0.3) is 0 Å². The van der Waals surface area contributed by atoms with Gasteiger partial charge in [0.25, 0.3) is 5.91 Å². The third-order valence-corrected chi connectivity index (χ3v) is 10.4. The van der Waals surface area contributed by atoms with Gasteiger partial charge < -0.3 is 26.2 Å². The Kier molecular flexibility index (Phi) is 6.57. The zero-order chi connectivity index (χ0) is 29.7. The molecule has 220 valence electrons. The zero-order valence-electron chi connectivity index (χ0n) is 23.4. The summed E-state index contributed by atoms with van der Waals surface area (Å²) in [7, 11) is 3.20. The molecule has 10 nitrogen and oxygen atoms in total. The van der Waals surface area contributed by atoms with Gasteiger partial charge in [-0.3, -0.25) is 24.2 Å². The van der Waals surface area contributed by atoms with Crippen molar-refractivity contribution in [2.75, 3.05) is 27.2 Å². The van der Waals surface area contributed by atoms with E-state index in [2.05, 4.69) is 11.8 Å². The van der Waals surface area contributed by atoms with E-state index in [0.29, 0.717) is 22.4 Å². The highest BCUT2D eigenvalue weighted by atomic mass is 35.5. The van der Waals surface area contributed by atoms with Crippen molar-refractivity contribution >= 4 is 29.1 Å². The highest BCUT2D eigenvalue weighted by Crippen LogP contribution is 2.54. The number of Topliss-reactive ketones (excluding diaryl/α,β-unsaturated/α-hetero) is 2. The summed E-state index contributed by atoms with van der Waals surface area (Å²) < 4.78 is 0. The molecule has 6 rings (SSSR count). The van der Waals surface area contributed by atoms with Crippen LogP contribution >= 0.6 is 11.6 Å². The Morgan fingerprint density at radius 3 is 2.49 bits per heavy atom. The standard InChI is InChI=1S/C30H36ClN3O7/c1-12-6-7-34(11-13-4-5-13)23(12)16-10-18(35)20-15(22(16)31)8-14-9-17-24(33(2)3)26(37)21(29(32)40)28(39)30(17,41)27(38)19(14)25(20)36/h10,12-14,17,23-24,35,37-38,41H,4-9,11H2,1-3H3,(H2,32,40)/t12?,14-,17-,23?,24-,30-/m0/s1. The number of aliphatic hydroxyl groups excluding tert-OH is 2. The number of phenolic OH excluding ortho intramolecular Hbond substituents is 1. The minimum Gasteiger partial charge on any atom is -0.510 e. The molecule has 1 saturated carbocycles. The minimum absolute atomic E-state index is 0.000386. The molecule has 1 aliphatic heterocycles. The van der Waals surface area contributed by atoms with E-state index in [0.717, 1.165) is 25.1 Å². The van der Waals surface area contributed by atoms with Crippen LogP contribution in [0.1, 0.15) is 60.1 Å². The number of likely N-dealkylation sites (N-methyl/N-ethyl adjacent to an activating group) is 1. The first kappa shape index (κ1) is 28.2. The molecule has 1 aromatic carbocycles. The van der Waals surface area contributed by atoms with Crippen LogP contribution in [0.15, 0.2) is 28.7 Å². The maximum atomic E-state index is 13.9. The summed E-state index contributed by atoms with van der Waals surface area (Å²) in [6.45, 7) is 4.07. The van der Waals surface area contributed by atoms with E-state index in [1.165, 1.54) is 17.7 Å². The molecule has 1 aromatic rings. The van der Waals surface area contributed by atoms with E-state index in [9.17, 15) is 34.8 Å². The topological polar surface area (TPSA) is 165 Å². The number of carbonyl (C=O) groups excluding carboxylic acids is 3. The molecule has 1 amide bonds. The van der Waals surface area contributed by atoms with Crippen LogP contribution in [0.2, 0.25) is 5.02 Å². The number of phenols is 1. The number of carbonyl (C=O) groups is 3. The Morgan fingerprint density at radius 2 is 1.88 bits per heavy atom. The van der Waals surface area contributed by atoms with Crippen molar-refractivity contribution in [3.8, 4) is 5.75 Å². The molecule has 1 saturated heterocycles. The maximum absolute atomic E-state index is 13.9. The number of ketones is 2. The third-order valence-electron chi connectivity index (χ3n) is 10.00. The Balaban J connectivity index is 1.47. The monoisotopic (exact) mass is 585 g/mol. The van der Waals surface area contributed by atoms with E-state index < -0.39 is 58.0 Å². The lowest BCUT2D eigenvalue weighted by Crippen LogP contribution is -2.63. The van der Waals surface area contributed by atoms with Gasteiger partial charge in [0, 0.05) is 29.1 Å². The average molecular weight is 586 g/mol. The highest BCUT2D eigenvalue weighted by Gasteiger charge is 2.63. The van der Waals surface area contributed by atoms with E-state index >= 15 is 0 Å². The predicted molar refractivity (Wildman–Crippen MR) is 150 cm³/mol. The summed E-state index contributed by atoms with van der Waals surface area (Å²) >= 11 is 7.06. The molecule has 0 aromatic heterocycles. The predicted octanol–water partition coefficient (Wildman–Crippen LogP) is 2.57. The number of amides is 1. The van der Waals surface area contributed by atoms with Gasteiger partial charge in [-0.15, -0.1) is 0 Å². The summed E-state index contributed by atoms with van der Waals surface area (Å²) in [5, 5.41) is 45.7. The Labute approximate surface area is 243 Å². The van der Waals surface area contributed by atoms with Crippen molar-refractivity contribution in [3.63, 3.8) is 0 Å². The molecular formula is C30H36ClN3O7. The largest absolute Gasteiger partial charge is 0.510 e. The fourth-order valence-electron chi connectivity index (χ4n) is 7.90. The third kappa shape index (κ3) is 3.98. The summed E-state index contributed by atoms with van der Waals surface area (Å²) in [6, 6.07) is 0.509. The lowest BCUT2D eigenvalue weighted by molar-refractivity contribution is -0.148. The molecule has 2 unspecified atom stereocenters. The van der Waals surface area contributed by atoms with Gasteiger partial charge in [-0.25, -0.2) is 0 Å². The number of primary amides is 1. The number of fused-ring (bicyclic) bond motifs is 3. The van der Waals surface area contributed by atoms with E-state index in [4.69, 9.17) is 17.3 Å². The first-order chi connectivity index (χ1) is 19.3. The summed E-state index contributed by atoms with van der Waals surface area (Å²) in [6.07, 6.45) is 3.63. The number of hydrogen-bond acceptors (Lipinski definition) is 9. The number of aliphatic hydroxyl groups is 3. The number of hydrogen-bond donors (Lipinski definition) is 5. The number of likely N-dealkylation sites (tertiary alicyclic amines) is 1. The number of rotatable bonds is 5. The normalized spacial score (nSPS) is 33.8. The minimum atomic E-state index is -2.66. The number of halogens is 1. The molecule has 2 fully saturated rings. The van der Waals surface area contributed by atoms with Crippen LogP contribution in [0, 0.1) is 23.7 Å². The van der Waals surface area contributed by atoms with E-state index in [-0.39, 0.29) is 35.8 Å². The molecule has 6 atom stereocenters. The van der Waals surface area contributed by atoms with Crippen LogP contribution < -0.4 is 5.73 Å². The van der Waals surface area contributed by atoms with Crippen LogP contribution in [0.5, 0.6) is 5.75 Å². The molecule has 6 N–H and O–H groups in total. The number of allylic oxidation sites excluding steroid dienone is 1. The Hall–Kier alpha value is -2.92. The van der Waals surface area contributed by atoms with Gasteiger partial charge in [-0.05, 0) is 87.7 Å². The molecule has 0 radical (unpaired) electrons. The number of aromatic hydroxyl groups is 1. The first-order valence-corrected chi connectivity index (χ1v) is 14.6. The lowest BCUT2D eigenvalue weighted by Gasteiger charge is -2.50. The smallest absolute Gasteiger partial charge is 0.255 e. The quantitative estimate of drug-likeness (QED) is 0.327. The van der Waals surface area contributed by atoms with Crippen molar-refractivity contribution in [3.05, 3.63) is 50.4 Å².